The van der Waals surface area contributed by atoms with Gasteiger partial charge in [-0.05, 0) is 98.3 Å². The molecule has 0 heterocycles. The molecule has 0 spiro atoms. The number of hydrogen-bond acceptors (Lipinski definition) is 1. The first-order valence-electron chi connectivity index (χ1n) is 14.0. The van der Waals surface area contributed by atoms with Gasteiger partial charge in [0.25, 0.3) is 0 Å². The first kappa shape index (κ1) is 27.6. The summed E-state index contributed by atoms with van der Waals surface area (Å²) in [5, 5.41) is 0. The topological polar surface area (TPSA) is 17.1 Å². The van der Waals surface area contributed by atoms with E-state index in [0.717, 1.165) is 60.9 Å². The van der Waals surface area contributed by atoms with Crippen LogP contribution in [0.2, 0.25) is 0 Å². The van der Waals surface area contributed by atoms with E-state index in [1.54, 1.807) is 24.3 Å². The minimum atomic E-state index is -0.762. The molecule has 2 fully saturated rings. The summed E-state index contributed by atoms with van der Waals surface area (Å²) in [7, 11) is 0. The molecule has 35 heavy (non-hydrogen) atoms. The van der Waals surface area contributed by atoms with Crippen LogP contribution in [0.3, 0.4) is 0 Å². The smallest absolute Gasteiger partial charge is 0.166 e. The van der Waals surface area contributed by atoms with Crippen LogP contribution >= 0.6 is 0 Å². The van der Waals surface area contributed by atoms with Gasteiger partial charge in [0.2, 0.25) is 0 Å². The minimum absolute atomic E-state index is 0.113. The Morgan fingerprint density at radius 3 is 1.89 bits per heavy atom. The van der Waals surface area contributed by atoms with Crippen molar-refractivity contribution in [2.24, 2.45) is 17.8 Å². The van der Waals surface area contributed by atoms with E-state index in [2.05, 4.69) is 6.92 Å². The highest BCUT2D eigenvalue weighted by molar-refractivity contribution is 5.82. The Morgan fingerprint density at radius 1 is 0.829 bits per heavy atom. The first-order valence-corrected chi connectivity index (χ1v) is 14.0. The molecular weight excluding hydrogens is 438 g/mol. The molecule has 1 nitrogen and oxygen atoms in total. The molecule has 0 atom stereocenters. The second-order valence-corrected chi connectivity index (χ2v) is 10.7. The lowest BCUT2D eigenvalue weighted by Gasteiger charge is -2.38. The molecule has 2 saturated carbocycles. The highest BCUT2D eigenvalue weighted by Gasteiger charge is 2.32. The molecule has 3 heteroatoms. The number of carbonyl (C=O) groups is 1. The van der Waals surface area contributed by atoms with Crippen molar-refractivity contribution < 1.29 is 13.6 Å². The maximum Gasteiger partial charge on any atom is 0.166 e. The summed E-state index contributed by atoms with van der Waals surface area (Å²) in [5.74, 6) is 1.19. The van der Waals surface area contributed by atoms with Crippen molar-refractivity contribution in [2.75, 3.05) is 0 Å². The average Bonchev–Trinajstić information content (AvgIpc) is 2.87. The molecule has 0 aliphatic heterocycles. The second-order valence-electron chi connectivity index (χ2n) is 10.7. The molecule has 0 aromatic heterocycles. The highest BCUT2D eigenvalue weighted by Crippen LogP contribution is 2.45. The van der Waals surface area contributed by atoms with Gasteiger partial charge in [-0.3, -0.25) is 4.79 Å². The van der Waals surface area contributed by atoms with Gasteiger partial charge in [0.05, 0.1) is 0 Å². The summed E-state index contributed by atoms with van der Waals surface area (Å²) in [6.07, 6.45) is 13.2. The standard InChI is InChI=1S/C30H38F2O.C2H6/c1-4-5-21-6-8-22(9-7-21)23-10-12-24(13-11-23)26-14-15-27(30(32)29(26)31)25-16-19(2)28(18-33)20(3)17-25;1-2/h14-18,21-24H,4-13H2,1-3H3;1-2H3. The highest BCUT2D eigenvalue weighted by atomic mass is 19.2. The van der Waals surface area contributed by atoms with Crippen molar-refractivity contribution >= 4 is 6.29 Å². The first-order chi connectivity index (χ1) is 16.9. The number of aldehydes is 1. The lowest BCUT2D eigenvalue weighted by molar-refractivity contribution is 0.112. The van der Waals surface area contributed by atoms with Gasteiger partial charge < -0.3 is 0 Å². The Hall–Kier alpha value is -2.03. The van der Waals surface area contributed by atoms with E-state index in [9.17, 15) is 4.79 Å². The number of carbonyl (C=O) groups excluding carboxylic acids is 1. The van der Waals surface area contributed by atoms with Crippen LogP contribution in [0.25, 0.3) is 11.1 Å². The number of hydrogen-bond donors (Lipinski definition) is 0. The molecule has 2 aliphatic rings. The average molecular weight is 483 g/mol. The molecular formula is C32H44F2O. The van der Waals surface area contributed by atoms with Crippen LogP contribution in [0.4, 0.5) is 8.78 Å². The van der Waals surface area contributed by atoms with Gasteiger partial charge in [0.15, 0.2) is 17.9 Å². The molecule has 0 radical (unpaired) electrons. The fourth-order valence-electron chi connectivity index (χ4n) is 6.68. The third-order valence-electron chi connectivity index (χ3n) is 8.60. The zero-order valence-corrected chi connectivity index (χ0v) is 22.4. The van der Waals surface area contributed by atoms with Gasteiger partial charge in [0.1, 0.15) is 0 Å². The molecule has 0 amide bonds. The zero-order chi connectivity index (χ0) is 25.5. The van der Waals surface area contributed by atoms with E-state index in [1.807, 2.05) is 27.7 Å². The number of rotatable bonds is 6. The molecule has 2 aromatic rings. The van der Waals surface area contributed by atoms with Crippen molar-refractivity contribution in [3.05, 3.63) is 58.2 Å². The summed E-state index contributed by atoms with van der Waals surface area (Å²) in [6, 6.07) is 7.07. The van der Waals surface area contributed by atoms with Crippen molar-refractivity contribution in [3.8, 4) is 11.1 Å². The Balaban J connectivity index is 0.00000167. The predicted molar refractivity (Wildman–Crippen MR) is 143 cm³/mol. The monoisotopic (exact) mass is 482 g/mol. The normalized spacial score (nSPS) is 24.4. The number of aryl methyl sites for hydroxylation is 2. The van der Waals surface area contributed by atoms with Crippen molar-refractivity contribution in [1.29, 1.82) is 0 Å². The molecule has 192 valence electrons. The molecule has 2 aliphatic carbocycles. The molecule has 4 rings (SSSR count). The Kier molecular flexibility index (Phi) is 10.1. The molecule has 0 saturated heterocycles. The predicted octanol–water partition coefficient (Wildman–Crippen LogP) is 9.97. The largest absolute Gasteiger partial charge is 0.298 e. The fourth-order valence-corrected chi connectivity index (χ4v) is 6.68. The number of halogens is 2. The van der Waals surface area contributed by atoms with Gasteiger partial charge in [-0.2, -0.15) is 0 Å². The minimum Gasteiger partial charge on any atom is -0.298 e. The maximum atomic E-state index is 15.2. The van der Waals surface area contributed by atoms with Crippen LogP contribution in [-0.4, -0.2) is 6.29 Å². The van der Waals surface area contributed by atoms with Gasteiger partial charge >= 0.3 is 0 Å². The third kappa shape index (κ3) is 6.22. The third-order valence-corrected chi connectivity index (χ3v) is 8.60. The lowest BCUT2D eigenvalue weighted by atomic mass is 9.68. The molecule has 2 aromatic carbocycles. The molecule has 0 N–H and O–H groups in total. The van der Waals surface area contributed by atoms with Gasteiger partial charge in [0, 0.05) is 11.1 Å². The van der Waals surface area contributed by atoms with E-state index in [0.29, 0.717) is 16.7 Å². The summed E-state index contributed by atoms with van der Waals surface area (Å²) < 4.78 is 30.4. The van der Waals surface area contributed by atoms with Gasteiger partial charge in [-0.25, -0.2) is 8.78 Å². The van der Waals surface area contributed by atoms with E-state index in [4.69, 9.17) is 0 Å². The Bertz CT molecular complexity index is 956. The summed E-state index contributed by atoms with van der Waals surface area (Å²) in [6.45, 7) is 9.95. The van der Waals surface area contributed by atoms with Crippen LogP contribution < -0.4 is 0 Å². The Labute approximate surface area is 211 Å². The van der Waals surface area contributed by atoms with Crippen LogP contribution in [-0.2, 0) is 0 Å². The van der Waals surface area contributed by atoms with Gasteiger partial charge in [-0.1, -0.05) is 70.7 Å². The van der Waals surface area contributed by atoms with Crippen LogP contribution in [0.5, 0.6) is 0 Å². The second kappa shape index (κ2) is 12.8. The fraction of sp³-hybridized carbons (Fsp3) is 0.594. The van der Waals surface area contributed by atoms with E-state index >= 15 is 8.78 Å². The van der Waals surface area contributed by atoms with Gasteiger partial charge in [-0.15, -0.1) is 0 Å². The lowest BCUT2D eigenvalue weighted by Crippen LogP contribution is -2.25. The summed E-state index contributed by atoms with van der Waals surface area (Å²) >= 11 is 0. The summed E-state index contributed by atoms with van der Waals surface area (Å²) in [4.78, 5) is 11.3. The zero-order valence-electron chi connectivity index (χ0n) is 22.4. The van der Waals surface area contributed by atoms with Crippen LogP contribution in [0, 0.1) is 43.2 Å². The molecule has 0 unspecified atom stereocenters. The van der Waals surface area contributed by atoms with E-state index < -0.39 is 11.6 Å². The number of benzene rings is 2. The SMILES string of the molecule is CC.CCCC1CCC(C2CCC(c3ccc(-c4cc(C)c(C=O)c(C)c4)c(F)c3F)CC2)CC1. The van der Waals surface area contributed by atoms with Crippen LogP contribution in [0.1, 0.15) is 118 Å². The maximum absolute atomic E-state index is 15.2. The quantitative estimate of drug-likeness (QED) is 0.374. The van der Waals surface area contributed by atoms with E-state index in [-0.39, 0.29) is 11.5 Å². The summed E-state index contributed by atoms with van der Waals surface area (Å²) in [5.41, 5.74) is 3.63. The van der Waals surface area contributed by atoms with E-state index in [1.165, 1.54) is 38.5 Å². The molecule has 0 bridgehead atoms. The Morgan fingerprint density at radius 2 is 1.37 bits per heavy atom. The van der Waals surface area contributed by atoms with Crippen LogP contribution in [0.15, 0.2) is 24.3 Å². The van der Waals surface area contributed by atoms with Crippen molar-refractivity contribution in [1.82, 2.24) is 0 Å². The van der Waals surface area contributed by atoms with Crippen molar-refractivity contribution in [2.45, 2.75) is 105 Å². The van der Waals surface area contributed by atoms with Crippen molar-refractivity contribution in [3.63, 3.8) is 0 Å².